The number of hydrogen-bond donors (Lipinski definition) is 1. The Bertz CT molecular complexity index is 362. The van der Waals surface area contributed by atoms with Gasteiger partial charge in [-0.25, -0.2) is 4.98 Å². The predicted octanol–water partition coefficient (Wildman–Crippen LogP) is 3.73. The normalized spacial score (nSPS) is 13.8. The van der Waals surface area contributed by atoms with Crippen molar-refractivity contribution in [2.75, 3.05) is 6.61 Å². The second-order valence-electron chi connectivity index (χ2n) is 5.08. The SMILES string of the molecule is C[Si](C)(C)CCOC(O)c1cc(Cl)nc(Cl)c1. The minimum atomic E-state index is -1.15. The summed E-state index contributed by atoms with van der Waals surface area (Å²) in [5.74, 6) is 0. The summed E-state index contributed by atoms with van der Waals surface area (Å²) in [5, 5.41) is 10.3. The van der Waals surface area contributed by atoms with Gasteiger partial charge in [0.1, 0.15) is 10.3 Å². The van der Waals surface area contributed by atoms with Gasteiger partial charge in [0, 0.05) is 20.2 Å². The average molecular weight is 294 g/mol. The van der Waals surface area contributed by atoms with E-state index < -0.39 is 14.4 Å². The zero-order chi connectivity index (χ0) is 13.1. The number of nitrogens with zero attached hydrogens (tertiary/aromatic N) is 1. The Morgan fingerprint density at radius 3 is 2.29 bits per heavy atom. The molecule has 0 fully saturated rings. The number of hydrogen-bond acceptors (Lipinski definition) is 3. The van der Waals surface area contributed by atoms with Crippen molar-refractivity contribution in [2.24, 2.45) is 0 Å². The van der Waals surface area contributed by atoms with Gasteiger partial charge < -0.3 is 9.84 Å². The van der Waals surface area contributed by atoms with Crippen molar-refractivity contribution in [3.8, 4) is 0 Å². The van der Waals surface area contributed by atoms with Crippen LogP contribution in [0, 0.1) is 0 Å². The maximum absolute atomic E-state index is 9.81. The smallest absolute Gasteiger partial charge is 0.181 e. The molecular weight excluding hydrogens is 277 g/mol. The summed E-state index contributed by atoms with van der Waals surface area (Å²) in [6.45, 7) is 7.29. The quantitative estimate of drug-likeness (QED) is 0.511. The molecule has 17 heavy (non-hydrogen) atoms. The van der Waals surface area contributed by atoms with Gasteiger partial charge >= 0.3 is 0 Å². The van der Waals surface area contributed by atoms with Gasteiger partial charge in [0.2, 0.25) is 0 Å². The first-order chi connectivity index (χ1) is 7.78. The first kappa shape index (κ1) is 14.9. The van der Waals surface area contributed by atoms with Crippen LogP contribution in [-0.2, 0) is 4.74 Å². The highest BCUT2D eigenvalue weighted by Gasteiger charge is 2.15. The molecule has 1 aromatic rings. The fourth-order valence-corrected chi connectivity index (χ4v) is 2.41. The fraction of sp³-hybridized carbons (Fsp3) is 0.545. The number of aliphatic hydroxyl groups is 1. The van der Waals surface area contributed by atoms with E-state index >= 15 is 0 Å². The third-order valence-corrected chi connectivity index (χ3v) is 4.29. The largest absolute Gasteiger partial charge is 0.364 e. The minimum absolute atomic E-state index is 0.250. The van der Waals surface area contributed by atoms with Gasteiger partial charge in [-0.2, -0.15) is 0 Å². The van der Waals surface area contributed by atoms with Gasteiger partial charge in [0.15, 0.2) is 6.29 Å². The summed E-state index contributed by atoms with van der Waals surface area (Å²) < 4.78 is 5.36. The molecular formula is C11H17Cl2NO2Si. The van der Waals surface area contributed by atoms with Gasteiger partial charge in [0.25, 0.3) is 0 Å². The Morgan fingerprint density at radius 1 is 1.29 bits per heavy atom. The maximum Gasteiger partial charge on any atom is 0.181 e. The highest BCUT2D eigenvalue weighted by atomic mass is 35.5. The number of aromatic nitrogens is 1. The lowest BCUT2D eigenvalue weighted by Gasteiger charge is -2.18. The molecule has 6 heteroatoms. The Labute approximate surface area is 113 Å². The molecule has 0 saturated heterocycles. The van der Waals surface area contributed by atoms with E-state index in [1.807, 2.05) is 0 Å². The number of ether oxygens (including phenoxy) is 1. The van der Waals surface area contributed by atoms with Crippen LogP contribution in [0.1, 0.15) is 11.9 Å². The van der Waals surface area contributed by atoms with Crippen LogP contribution in [0.5, 0.6) is 0 Å². The maximum atomic E-state index is 9.81. The number of halogens is 2. The molecule has 0 amide bonds. The summed E-state index contributed by atoms with van der Waals surface area (Å²) in [5.41, 5.74) is 0.533. The molecule has 0 bridgehead atoms. The van der Waals surface area contributed by atoms with Crippen LogP contribution in [0.2, 0.25) is 36.0 Å². The van der Waals surface area contributed by atoms with Gasteiger partial charge in [0.05, 0.1) is 0 Å². The van der Waals surface area contributed by atoms with Gasteiger partial charge in [-0.1, -0.05) is 42.8 Å². The second kappa shape index (κ2) is 6.16. The van der Waals surface area contributed by atoms with Crippen molar-refractivity contribution in [3.05, 3.63) is 28.0 Å². The Morgan fingerprint density at radius 2 is 1.82 bits per heavy atom. The molecule has 3 nitrogen and oxygen atoms in total. The lowest BCUT2D eigenvalue weighted by Crippen LogP contribution is -2.22. The minimum Gasteiger partial charge on any atom is -0.364 e. The molecule has 0 saturated carbocycles. The highest BCUT2D eigenvalue weighted by Crippen LogP contribution is 2.22. The number of pyridine rings is 1. The van der Waals surface area contributed by atoms with Crippen LogP contribution >= 0.6 is 23.2 Å². The van der Waals surface area contributed by atoms with E-state index in [2.05, 4.69) is 24.6 Å². The zero-order valence-corrected chi connectivity index (χ0v) is 12.7. The molecule has 1 aromatic heterocycles. The van der Waals surface area contributed by atoms with Crippen LogP contribution in [0.3, 0.4) is 0 Å². The predicted molar refractivity (Wildman–Crippen MR) is 73.3 cm³/mol. The third-order valence-electron chi connectivity index (χ3n) is 2.20. The van der Waals surface area contributed by atoms with E-state index in [9.17, 15) is 5.11 Å². The summed E-state index contributed by atoms with van der Waals surface area (Å²) in [7, 11) is -1.15. The molecule has 1 N–H and O–H groups in total. The van der Waals surface area contributed by atoms with Gasteiger partial charge in [-0.05, 0) is 18.2 Å². The summed E-state index contributed by atoms with van der Waals surface area (Å²) in [4.78, 5) is 3.81. The molecule has 0 aliphatic carbocycles. The van der Waals surface area contributed by atoms with Crippen LogP contribution in [0.25, 0.3) is 0 Å². The summed E-state index contributed by atoms with van der Waals surface area (Å²) >= 11 is 11.5. The molecule has 0 aliphatic heterocycles. The van der Waals surface area contributed by atoms with Crippen molar-refractivity contribution in [1.82, 2.24) is 4.98 Å². The Hall–Kier alpha value is -0.133. The molecule has 0 aromatic carbocycles. The Kier molecular flexibility index (Phi) is 5.41. The molecule has 0 radical (unpaired) electrons. The van der Waals surface area contributed by atoms with Crippen molar-refractivity contribution < 1.29 is 9.84 Å². The monoisotopic (exact) mass is 293 g/mol. The topological polar surface area (TPSA) is 42.4 Å². The average Bonchev–Trinajstić information content (AvgIpc) is 2.13. The zero-order valence-electron chi connectivity index (χ0n) is 10.2. The van der Waals surface area contributed by atoms with Gasteiger partial charge in [-0.3, -0.25) is 0 Å². The van der Waals surface area contributed by atoms with E-state index in [4.69, 9.17) is 27.9 Å². The molecule has 1 atom stereocenters. The molecule has 0 aliphatic rings. The van der Waals surface area contributed by atoms with E-state index in [1.54, 1.807) is 12.1 Å². The Balaban J connectivity index is 2.55. The molecule has 96 valence electrons. The van der Waals surface area contributed by atoms with Crippen molar-refractivity contribution in [2.45, 2.75) is 32.0 Å². The second-order valence-corrected chi connectivity index (χ2v) is 11.5. The summed E-state index contributed by atoms with van der Waals surface area (Å²) in [6, 6.07) is 4.09. The van der Waals surface area contributed by atoms with Gasteiger partial charge in [-0.15, -0.1) is 0 Å². The number of aliphatic hydroxyl groups excluding tert-OH is 1. The molecule has 0 spiro atoms. The molecule has 1 rings (SSSR count). The van der Waals surface area contributed by atoms with Crippen LogP contribution in [0.15, 0.2) is 12.1 Å². The van der Waals surface area contributed by atoms with E-state index in [-0.39, 0.29) is 10.3 Å². The first-order valence-electron chi connectivity index (χ1n) is 5.40. The van der Waals surface area contributed by atoms with Crippen molar-refractivity contribution in [1.29, 1.82) is 0 Å². The van der Waals surface area contributed by atoms with Crippen molar-refractivity contribution in [3.63, 3.8) is 0 Å². The fourth-order valence-electron chi connectivity index (χ4n) is 1.20. The van der Waals surface area contributed by atoms with E-state index in [0.29, 0.717) is 12.2 Å². The van der Waals surface area contributed by atoms with E-state index in [1.165, 1.54) is 0 Å². The van der Waals surface area contributed by atoms with E-state index in [0.717, 1.165) is 6.04 Å². The number of rotatable bonds is 5. The molecule has 1 heterocycles. The van der Waals surface area contributed by atoms with Crippen LogP contribution < -0.4 is 0 Å². The van der Waals surface area contributed by atoms with Crippen LogP contribution in [0.4, 0.5) is 0 Å². The summed E-state index contributed by atoms with van der Waals surface area (Å²) in [6.07, 6.45) is -0.996. The lowest BCUT2D eigenvalue weighted by molar-refractivity contribution is -0.0981. The first-order valence-corrected chi connectivity index (χ1v) is 9.87. The lowest BCUT2D eigenvalue weighted by atomic mass is 10.2. The van der Waals surface area contributed by atoms with Crippen molar-refractivity contribution >= 4 is 31.3 Å². The highest BCUT2D eigenvalue weighted by molar-refractivity contribution is 6.76. The third kappa shape index (κ3) is 5.83. The van der Waals surface area contributed by atoms with Crippen LogP contribution in [-0.4, -0.2) is 24.8 Å². The molecule has 1 unspecified atom stereocenters. The standard InChI is InChI=1S/C11H17Cl2NO2Si/c1-17(2,3)5-4-16-11(15)8-6-9(12)14-10(13)7-8/h6-7,11,15H,4-5H2,1-3H3.